The largest absolute Gasteiger partial charge is 0.383 e. The fourth-order valence-corrected chi connectivity index (χ4v) is 20.3. The van der Waals surface area contributed by atoms with Gasteiger partial charge in [-0.05, 0) is 146 Å². The first-order valence-corrected chi connectivity index (χ1v) is 48.6. The van der Waals surface area contributed by atoms with Gasteiger partial charge in [-0.25, -0.2) is 44.9 Å². The Balaban J connectivity index is 0.000000110. The smallest absolute Gasteiger partial charge is 0.244 e. The minimum absolute atomic E-state index is 0.0214. The van der Waals surface area contributed by atoms with Crippen LogP contribution in [0.1, 0.15) is 144 Å². The zero-order chi connectivity index (χ0) is 99.0. The van der Waals surface area contributed by atoms with Crippen LogP contribution in [-0.4, -0.2) is 184 Å². The van der Waals surface area contributed by atoms with Crippen LogP contribution >= 0.6 is 0 Å². The fraction of sp³-hybridized carbons (Fsp3) is 0.308. The number of nitrogen functional groups attached to an aromatic ring is 4. The molecule has 25 heterocycles. The summed E-state index contributed by atoms with van der Waals surface area (Å²) < 4.78 is 9.39. The lowest BCUT2D eigenvalue weighted by atomic mass is 9.92. The number of aromatic nitrogens is 22. The third kappa shape index (κ3) is 18.0. The maximum atomic E-state index is 12.2. The zero-order valence-corrected chi connectivity index (χ0v) is 81.1. The van der Waals surface area contributed by atoms with Crippen molar-refractivity contribution < 1.29 is 14.4 Å². The Hall–Kier alpha value is -17.5. The summed E-state index contributed by atoms with van der Waals surface area (Å²) in [5.74, 6) is 12.2. The highest BCUT2D eigenvalue weighted by atomic mass is 16.2. The molecule has 17 aromatic rings. The van der Waals surface area contributed by atoms with E-state index in [9.17, 15) is 14.4 Å². The van der Waals surface area contributed by atoms with Crippen molar-refractivity contribution in [2.24, 2.45) is 0 Å². The summed E-state index contributed by atoms with van der Waals surface area (Å²) >= 11 is 0. The van der Waals surface area contributed by atoms with Crippen LogP contribution in [0.3, 0.4) is 0 Å². The number of likely N-dealkylation sites (N-methyl/N-ethyl adjacent to an activating group) is 1. The Morgan fingerprint density at radius 1 is 0.361 bits per heavy atom. The molecule has 8 aliphatic heterocycles. The van der Waals surface area contributed by atoms with E-state index in [0.29, 0.717) is 108 Å². The van der Waals surface area contributed by atoms with Gasteiger partial charge in [0.1, 0.15) is 72.0 Å². The van der Waals surface area contributed by atoms with Crippen molar-refractivity contribution in [3.63, 3.8) is 0 Å². The molecule has 17 aromatic heterocycles. The predicted octanol–water partition coefficient (Wildman–Crippen LogP) is 13.5. The Morgan fingerprint density at radius 3 is 1.06 bits per heavy atom. The number of hydrogen-bond acceptors (Lipinski definition) is 32. The highest BCUT2D eigenvalue weighted by molar-refractivity contribution is 6.00. The molecule has 0 bridgehead atoms. The van der Waals surface area contributed by atoms with E-state index in [-0.39, 0.29) is 43.3 Å². The van der Waals surface area contributed by atoms with Crippen molar-refractivity contribution >= 4 is 153 Å². The summed E-state index contributed by atoms with van der Waals surface area (Å²) in [6.07, 6.45) is 31.3. The van der Waals surface area contributed by atoms with Crippen LogP contribution in [0, 0.1) is 40.0 Å². The number of aryl methyl sites for hydroxylation is 2. The highest BCUT2D eigenvalue weighted by Gasteiger charge is 2.31. The summed E-state index contributed by atoms with van der Waals surface area (Å²) in [6, 6.07) is 23.8. The van der Waals surface area contributed by atoms with Crippen LogP contribution in [0.2, 0.25) is 0 Å². The molecule has 0 aliphatic carbocycles. The minimum Gasteiger partial charge on any atom is -0.383 e. The van der Waals surface area contributed by atoms with Crippen LogP contribution in [0.4, 0.5) is 92.6 Å². The predicted molar refractivity (Wildman–Crippen MR) is 559 cm³/mol. The Bertz CT molecular complexity index is 7860. The summed E-state index contributed by atoms with van der Waals surface area (Å²) in [6.45, 7) is 22.8. The van der Waals surface area contributed by atoms with Crippen LogP contribution in [0.25, 0.3) is 88.1 Å². The van der Waals surface area contributed by atoms with E-state index in [4.69, 9.17) is 54.4 Å². The number of imidazole rings is 1. The third-order valence-electron chi connectivity index (χ3n) is 28.4. The number of carbonyl (C=O) groups is 3. The standard InChI is InChI=1S/C28H26N10.C26H29N9O.2C25H27N9O/c1-3-17-4-6-31-26-16(2)20(13-33-27(17)26)22-10-18-11-23(32-14-21(18)28(29)34-22)35-24-12-19-5-8-37-9-7-30-25(37)15-38(19)36-24;1-14-4-6-28-25-15(2)18(11-30-24(14)25)20-8-16-9-21(29-12-19(16)26(27)31-20)32-22-10-17-5-7-34(3)23(36)13-35(17)33-22;2*1-13-3-5-28-24-14(2)17(10-30-23(13)24)19-7-15-8-20(29-11-18(15)25(26)31-19)32-21-9-16-4-6-27-22(35)12-34(16)33-21/h1,7,9-14,17,31H,4-6,8,15H2,2H3,(H2,29,34)(H,32,35,36);8-12,14,28H,4-7,13H2,1-3H3,(H2,27,31)(H,29,32,33);2*7-11,13,28H,3-6,12H2,1-2H3,(H2,26,31)(H,27,35)(H,29,32,33)/t17-;14-;2*13-/m0110/s1. The first kappa shape index (κ1) is 91.5. The third-order valence-corrected chi connectivity index (χ3v) is 28.4. The second-order valence-electron chi connectivity index (χ2n) is 38.0. The van der Waals surface area contributed by atoms with E-state index in [1.54, 1.807) is 43.7 Å². The van der Waals surface area contributed by atoms with Crippen molar-refractivity contribution in [1.82, 2.24) is 124 Å². The van der Waals surface area contributed by atoms with Gasteiger partial charge in [0.2, 0.25) is 17.7 Å². The number of anilines is 16. The van der Waals surface area contributed by atoms with Crippen molar-refractivity contribution in [1.29, 1.82) is 0 Å². The van der Waals surface area contributed by atoms with Gasteiger partial charge >= 0.3 is 0 Å². The summed E-state index contributed by atoms with van der Waals surface area (Å²) in [5.41, 5.74) is 49.5. The van der Waals surface area contributed by atoms with Gasteiger partial charge in [-0.3, -0.25) is 53.0 Å². The van der Waals surface area contributed by atoms with Crippen LogP contribution in [0.5, 0.6) is 0 Å². The van der Waals surface area contributed by atoms with Gasteiger partial charge in [-0.15, -0.1) is 6.42 Å². The number of nitrogens with zero attached hydrogens (tertiary/aromatic N) is 23. The molecule has 0 saturated heterocycles. The maximum Gasteiger partial charge on any atom is 0.244 e. The molecule has 4 atom stereocenters. The van der Waals surface area contributed by atoms with Crippen molar-refractivity contribution in [2.75, 3.05) is 118 Å². The molecule has 0 aromatic carbocycles. The number of terminal acetylenes is 1. The molecule has 40 heteroatoms. The molecule has 8 aliphatic rings. The molecule has 728 valence electrons. The first-order chi connectivity index (χ1) is 69.9. The number of hydrogen-bond donors (Lipinski definition) is 14. The van der Waals surface area contributed by atoms with Gasteiger partial charge < -0.3 is 85.6 Å². The molecule has 40 nitrogen and oxygen atoms in total. The van der Waals surface area contributed by atoms with E-state index < -0.39 is 0 Å². The van der Waals surface area contributed by atoms with Gasteiger partial charge in [-0.1, -0.05) is 26.7 Å². The normalized spacial score (nSPS) is 16.9. The van der Waals surface area contributed by atoms with E-state index in [2.05, 4.69) is 178 Å². The Morgan fingerprint density at radius 2 is 0.688 bits per heavy atom. The van der Waals surface area contributed by atoms with Crippen molar-refractivity contribution in [3.05, 3.63) is 208 Å². The number of nitrogens with one attached hydrogen (secondary N) is 10. The fourth-order valence-electron chi connectivity index (χ4n) is 20.3. The molecule has 3 amide bonds. The van der Waals surface area contributed by atoms with Gasteiger partial charge in [0.15, 0.2) is 23.3 Å². The van der Waals surface area contributed by atoms with Crippen LogP contribution < -0.4 is 76.1 Å². The maximum absolute atomic E-state index is 12.2. The molecule has 0 fully saturated rings. The number of amides is 3. The lowest BCUT2D eigenvalue weighted by Gasteiger charge is -2.25. The quantitative estimate of drug-likeness (QED) is 0.0505. The second kappa shape index (κ2) is 37.9. The second-order valence-corrected chi connectivity index (χ2v) is 38.0. The van der Waals surface area contributed by atoms with Gasteiger partial charge in [0.25, 0.3) is 0 Å². The van der Waals surface area contributed by atoms with E-state index in [1.807, 2.05) is 116 Å². The molecule has 25 rings (SSSR count). The lowest BCUT2D eigenvalue weighted by Crippen LogP contribution is -2.29. The molecular weight excluding hydrogens is 1820 g/mol. The van der Waals surface area contributed by atoms with Gasteiger partial charge in [0.05, 0.1) is 80.8 Å². The number of fused-ring (bicyclic) bond motifs is 13. The van der Waals surface area contributed by atoms with Gasteiger partial charge in [-0.2, -0.15) is 20.4 Å². The molecular formula is C104H109N37O3. The first-order valence-electron chi connectivity index (χ1n) is 48.6. The lowest BCUT2D eigenvalue weighted by molar-refractivity contribution is -0.130. The van der Waals surface area contributed by atoms with Crippen LogP contribution in [0.15, 0.2) is 135 Å². The molecule has 0 radical (unpaired) electrons. The van der Waals surface area contributed by atoms with Gasteiger partial charge in [0, 0.05) is 256 Å². The Kier molecular flexibility index (Phi) is 24.1. The molecule has 0 unspecified atom stereocenters. The van der Waals surface area contributed by atoms with E-state index in [1.165, 1.54) is 0 Å². The minimum atomic E-state index is -0.0330. The van der Waals surface area contributed by atoms with Crippen molar-refractivity contribution in [2.45, 2.75) is 156 Å². The molecule has 144 heavy (non-hydrogen) atoms. The summed E-state index contributed by atoms with van der Waals surface area (Å²) in [5, 5.41) is 58.1. The summed E-state index contributed by atoms with van der Waals surface area (Å²) in [7, 11) is 1.82. The van der Waals surface area contributed by atoms with Crippen LogP contribution in [-0.2, 0) is 72.8 Å². The van der Waals surface area contributed by atoms with Crippen molar-refractivity contribution in [3.8, 4) is 57.4 Å². The average Bonchev–Trinajstić information content (AvgIpc) is 1.29. The monoisotopic (exact) mass is 1920 g/mol. The molecule has 0 saturated carbocycles. The topological polar surface area (TPSA) is 523 Å². The molecule has 0 spiro atoms. The number of carbonyl (C=O) groups excluding carboxylic acids is 3. The number of pyridine rings is 12. The number of nitrogens with two attached hydrogens (primary N) is 4. The van der Waals surface area contributed by atoms with E-state index >= 15 is 0 Å². The SMILES string of the molecule is C#C[C@H]1CCNc2c1ncc(-c1cc3cc(Nc4cc5n(n4)Cc4nccn4CC5)ncc3c(N)n1)c2C.Cc1c(-c2cc3cc(Nc4cc5n(n4)CC(=O)N(C)CC5)ncc3c(N)n2)cnc2c1NCC[C@H]2C.Cc1c(-c2cc3cc(Nc4cc5n(n4)CC(=O)NCC5)ncc3c(N)n2)cnc2c1NCC[C@@H]2C.Cc1c(-c2cc3cc(Nc4cc5n(n4)CC(=O)NCC5)ncc3c(N)n2)cnc2c1NCC[C@H]2C. The Labute approximate surface area is 827 Å². The average molecular weight is 1930 g/mol. The molecule has 18 N–H and O–H groups in total. The van der Waals surface area contributed by atoms with E-state index in [0.717, 1.165) is 274 Å². The summed E-state index contributed by atoms with van der Waals surface area (Å²) in [4.78, 5) is 97.9. The zero-order valence-electron chi connectivity index (χ0n) is 81.1. The highest BCUT2D eigenvalue weighted by Crippen LogP contribution is 2.45. The number of rotatable bonds is 12.